The van der Waals surface area contributed by atoms with Gasteiger partial charge in [0.2, 0.25) is 11.8 Å². The van der Waals surface area contributed by atoms with Crippen molar-refractivity contribution < 1.29 is 18.0 Å². The van der Waals surface area contributed by atoms with Crippen molar-refractivity contribution in [3.05, 3.63) is 128 Å². The van der Waals surface area contributed by atoms with E-state index in [2.05, 4.69) is 5.32 Å². The second kappa shape index (κ2) is 15.5. The summed E-state index contributed by atoms with van der Waals surface area (Å²) in [6.45, 7) is 4.63. The highest BCUT2D eigenvalue weighted by Gasteiger charge is 2.35. The van der Waals surface area contributed by atoms with E-state index >= 15 is 0 Å². The minimum atomic E-state index is -4.31. The number of nitrogens with zero attached hydrogens (tertiary/aromatic N) is 2. The van der Waals surface area contributed by atoms with Crippen molar-refractivity contribution in [3.8, 4) is 0 Å². The first-order valence-corrected chi connectivity index (χ1v) is 17.3. The molecule has 0 heterocycles. The lowest BCUT2D eigenvalue weighted by Gasteiger charge is -2.34. The van der Waals surface area contributed by atoms with Crippen LogP contribution in [0.4, 0.5) is 5.69 Å². The van der Waals surface area contributed by atoms with Crippen LogP contribution < -0.4 is 9.62 Å². The molecule has 46 heavy (non-hydrogen) atoms. The van der Waals surface area contributed by atoms with Crippen LogP contribution in [0.25, 0.3) is 0 Å². The summed E-state index contributed by atoms with van der Waals surface area (Å²) in [4.78, 5) is 29.7. The van der Waals surface area contributed by atoms with Gasteiger partial charge in [0.1, 0.15) is 12.6 Å². The molecule has 1 atom stereocenters. The number of halogens is 4. The molecule has 0 aromatic heterocycles. The normalized spacial score (nSPS) is 12.1. The zero-order valence-corrected chi connectivity index (χ0v) is 29.2. The van der Waals surface area contributed by atoms with Crippen LogP contribution in [0.1, 0.15) is 30.5 Å². The van der Waals surface area contributed by atoms with Crippen LogP contribution in [0.15, 0.2) is 95.9 Å². The molecule has 0 aliphatic rings. The molecule has 0 aliphatic heterocycles. The Bertz CT molecular complexity index is 1780. The van der Waals surface area contributed by atoms with Crippen molar-refractivity contribution >= 4 is 73.9 Å². The minimum absolute atomic E-state index is 0.0314. The van der Waals surface area contributed by atoms with Crippen molar-refractivity contribution in [1.29, 1.82) is 0 Å². The Morgan fingerprint density at radius 3 is 2.00 bits per heavy atom. The van der Waals surface area contributed by atoms with Gasteiger partial charge in [0, 0.05) is 34.6 Å². The van der Waals surface area contributed by atoms with Crippen molar-refractivity contribution in [2.45, 2.75) is 50.7 Å². The van der Waals surface area contributed by atoms with E-state index in [9.17, 15) is 18.0 Å². The molecule has 1 N–H and O–H groups in total. The lowest BCUT2D eigenvalue weighted by molar-refractivity contribution is -0.140. The van der Waals surface area contributed by atoms with Gasteiger partial charge in [-0.15, -0.1) is 0 Å². The van der Waals surface area contributed by atoms with Gasteiger partial charge in [0.25, 0.3) is 10.0 Å². The van der Waals surface area contributed by atoms with Crippen molar-refractivity contribution in [2.24, 2.45) is 0 Å². The molecule has 0 bridgehead atoms. The Morgan fingerprint density at radius 2 is 1.41 bits per heavy atom. The Hall–Kier alpha value is -3.27. The Morgan fingerprint density at radius 1 is 0.783 bits per heavy atom. The van der Waals surface area contributed by atoms with E-state index in [0.717, 1.165) is 15.4 Å². The summed E-state index contributed by atoms with van der Waals surface area (Å²) >= 11 is 25.6. The molecule has 0 spiro atoms. The summed E-state index contributed by atoms with van der Waals surface area (Å²) < 4.78 is 29.3. The van der Waals surface area contributed by atoms with E-state index in [1.54, 1.807) is 30.3 Å². The summed E-state index contributed by atoms with van der Waals surface area (Å²) in [5.41, 5.74) is 2.18. The fourth-order valence-corrected chi connectivity index (χ4v) is 7.01. The molecule has 2 amide bonds. The number of aryl methyl sites for hydroxylation is 1. The number of hydrogen-bond donors (Lipinski definition) is 1. The first-order chi connectivity index (χ1) is 21.8. The van der Waals surface area contributed by atoms with Crippen molar-refractivity contribution in [2.75, 3.05) is 10.8 Å². The smallest absolute Gasteiger partial charge is 0.264 e. The monoisotopic (exact) mass is 719 g/mol. The number of rotatable bonds is 12. The SMILES string of the molecule is Cc1ccc(S(=O)(=O)N(CC(=O)N(Cc2c(Cl)cccc2Cl)[C@H](Cc2ccccc2)C(=O)NC(C)C)c2ccc(Cl)c(Cl)c2)cc1. The van der Waals surface area contributed by atoms with E-state index in [4.69, 9.17) is 46.4 Å². The molecule has 12 heteroatoms. The highest BCUT2D eigenvalue weighted by atomic mass is 35.5. The first kappa shape index (κ1) is 35.6. The molecular weight excluding hydrogens is 688 g/mol. The quantitative estimate of drug-likeness (QED) is 0.161. The summed E-state index contributed by atoms with van der Waals surface area (Å²) in [6.07, 6.45) is 0.144. The molecule has 4 rings (SSSR count). The van der Waals surface area contributed by atoms with Crippen LogP contribution in [0.2, 0.25) is 20.1 Å². The molecule has 0 radical (unpaired) electrons. The third-order valence-corrected chi connectivity index (χ3v) is 10.4. The minimum Gasteiger partial charge on any atom is -0.352 e. The van der Waals surface area contributed by atoms with Gasteiger partial charge in [-0.1, -0.05) is 100 Å². The summed E-state index contributed by atoms with van der Waals surface area (Å²) in [5.74, 6) is -1.09. The van der Waals surface area contributed by atoms with Gasteiger partial charge in [0.15, 0.2) is 0 Å². The third-order valence-electron chi connectivity index (χ3n) is 7.17. The lowest BCUT2D eigenvalue weighted by atomic mass is 10.0. The van der Waals surface area contributed by atoms with Crippen LogP contribution in [0, 0.1) is 6.92 Å². The van der Waals surface area contributed by atoms with Crippen LogP contribution >= 0.6 is 46.4 Å². The highest BCUT2D eigenvalue weighted by Crippen LogP contribution is 2.32. The van der Waals surface area contributed by atoms with Gasteiger partial charge in [0.05, 0.1) is 20.6 Å². The summed E-state index contributed by atoms with van der Waals surface area (Å²) in [7, 11) is -4.31. The van der Waals surface area contributed by atoms with E-state index in [0.29, 0.717) is 15.6 Å². The van der Waals surface area contributed by atoms with Gasteiger partial charge < -0.3 is 10.2 Å². The topological polar surface area (TPSA) is 86.8 Å². The molecule has 0 fully saturated rings. The second-order valence-electron chi connectivity index (χ2n) is 11.0. The fourth-order valence-electron chi connectivity index (χ4n) is 4.79. The van der Waals surface area contributed by atoms with Gasteiger partial charge in [-0.05, 0) is 68.8 Å². The Labute approximate surface area is 290 Å². The van der Waals surface area contributed by atoms with Crippen molar-refractivity contribution in [3.63, 3.8) is 0 Å². The molecule has 0 saturated heterocycles. The summed E-state index contributed by atoms with van der Waals surface area (Å²) in [6, 6.07) is 23.5. The van der Waals surface area contributed by atoms with Gasteiger partial charge in [-0.25, -0.2) is 8.42 Å². The largest absolute Gasteiger partial charge is 0.352 e. The average Bonchev–Trinajstić information content (AvgIpc) is 3.00. The van der Waals surface area contributed by atoms with Gasteiger partial charge >= 0.3 is 0 Å². The maximum absolute atomic E-state index is 14.6. The zero-order valence-electron chi connectivity index (χ0n) is 25.4. The van der Waals surface area contributed by atoms with E-state index in [1.807, 2.05) is 51.1 Å². The molecular formula is C34H33Cl4N3O4S. The number of nitrogens with one attached hydrogen (secondary N) is 1. The van der Waals surface area contributed by atoms with Crippen LogP contribution in [0.3, 0.4) is 0 Å². The average molecular weight is 722 g/mol. The Kier molecular flexibility index (Phi) is 12.0. The van der Waals surface area contributed by atoms with Crippen LogP contribution in [-0.4, -0.2) is 43.8 Å². The van der Waals surface area contributed by atoms with E-state index in [-0.39, 0.29) is 39.6 Å². The molecule has 0 saturated carbocycles. The van der Waals surface area contributed by atoms with Gasteiger partial charge in [-0.2, -0.15) is 0 Å². The fraction of sp³-hybridized carbons (Fsp3) is 0.235. The highest BCUT2D eigenvalue weighted by molar-refractivity contribution is 7.92. The Balaban J connectivity index is 1.86. The number of hydrogen-bond acceptors (Lipinski definition) is 4. The number of amides is 2. The van der Waals surface area contributed by atoms with E-state index < -0.39 is 34.4 Å². The molecule has 0 unspecified atom stereocenters. The maximum Gasteiger partial charge on any atom is 0.264 e. The van der Waals surface area contributed by atoms with Crippen LogP contribution in [-0.2, 0) is 32.6 Å². The predicted octanol–water partition coefficient (Wildman–Crippen LogP) is 7.97. The van der Waals surface area contributed by atoms with Crippen LogP contribution in [0.5, 0.6) is 0 Å². The lowest BCUT2D eigenvalue weighted by Crippen LogP contribution is -2.54. The number of carbonyl (C=O) groups excluding carboxylic acids is 2. The number of anilines is 1. The number of sulfonamides is 1. The maximum atomic E-state index is 14.6. The molecule has 242 valence electrons. The zero-order chi connectivity index (χ0) is 33.6. The molecule has 4 aromatic rings. The molecule has 7 nitrogen and oxygen atoms in total. The predicted molar refractivity (Wildman–Crippen MR) is 186 cm³/mol. The second-order valence-corrected chi connectivity index (χ2v) is 14.5. The first-order valence-electron chi connectivity index (χ1n) is 14.4. The van der Waals surface area contributed by atoms with E-state index in [1.165, 1.54) is 35.2 Å². The molecule has 0 aliphatic carbocycles. The number of carbonyl (C=O) groups is 2. The summed E-state index contributed by atoms with van der Waals surface area (Å²) in [5, 5.41) is 3.82. The molecule has 4 aromatic carbocycles. The third kappa shape index (κ3) is 8.75. The van der Waals surface area contributed by atoms with Gasteiger partial charge in [-0.3, -0.25) is 13.9 Å². The number of benzene rings is 4. The standard InChI is InChI=1S/C34H33Cl4N3O4S/c1-22(2)39-34(43)32(18-24-8-5-4-6-9-24)40(20-27-28(35)10-7-11-29(27)36)33(42)21-41(25-14-17-30(37)31(38)19-25)46(44,45)26-15-12-23(3)13-16-26/h4-17,19,22,32H,18,20-21H2,1-3H3,(H,39,43)/t32-/m1/s1. The van der Waals surface area contributed by atoms with Crippen molar-refractivity contribution in [1.82, 2.24) is 10.2 Å².